The van der Waals surface area contributed by atoms with Gasteiger partial charge in [0.2, 0.25) is 15.2 Å². The molecule has 1 fully saturated rings. The molecule has 0 amide bonds. The van der Waals surface area contributed by atoms with Crippen LogP contribution in [0.2, 0.25) is 0 Å². The zero-order valence-corrected chi connectivity index (χ0v) is 21.7. The van der Waals surface area contributed by atoms with Crippen molar-refractivity contribution in [1.82, 2.24) is 14.5 Å². The highest BCUT2D eigenvalue weighted by Crippen LogP contribution is 2.26. The Kier molecular flexibility index (Phi) is 9.08. The number of sulfonamides is 1. The van der Waals surface area contributed by atoms with Crippen LogP contribution in [-0.4, -0.2) is 54.1 Å². The Labute approximate surface area is 214 Å². The summed E-state index contributed by atoms with van der Waals surface area (Å²) in [7, 11) is -3.60. The second kappa shape index (κ2) is 12.4. The fourth-order valence-corrected chi connectivity index (χ4v) is 6.87. The number of hydrogen-bond donors (Lipinski definition) is 1. The molecule has 0 aliphatic carbocycles. The molecular weight excluding hydrogens is 501 g/mol. The van der Waals surface area contributed by atoms with Crippen LogP contribution in [0, 0.1) is 0 Å². The molecular formula is C25H28N4O3S3. The first-order chi connectivity index (χ1) is 17.0. The Morgan fingerprint density at radius 1 is 1.03 bits per heavy atom. The second-order valence-corrected chi connectivity index (χ2v) is 12.3. The number of anilines is 1. The number of carbonyl (C=O) groups excluding carboxylic acids is 1. The van der Waals surface area contributed by atoms with Crippen molar-refractivity contribution in [1.29, 1.82) is 0 Å². The number of nitrogens with one attached hydrogen (secondary N) is 1. The number of hydrogen-bond acceptors (Lipinski definition) is 8. The maximum absolute atomic E-state index is 13.1. The molecule has 1 aliphatic rings. The first-order valence-corrected chi connectivity index (χ1v) is 14.8. The molecule has 3 aromatic rings. The monoisotopic (exact) mass is 528 g/mol. The van der Waals surface area contributed by atoms with E-state index < -0.39 is 10.0 Å². The first-order valence-electron chi connectivity index (χ1n) is 11.6. The largest absolute Gasteiger partial charge is 0.353 e. The number of aromatic nitrogens is 2. The molecule has 0 unspecified atom stereocenters. The summed E-state index contributed by atoms with van der Waals surface area (Å²) in [6.45, 7) is 1.07. The third kappa shape index (κ3) is 7.23. The lowest BCUT2D eigenvalue weighted by molar-refractivity contribution is 0.101. The Morgan fingerprint density at radius 3 is 2.57 bits per heavy atom. The molecule has 1 N–H and O–H groups in total. The van der Waals surface area contributed by atoms with Crippen molar-refractivity contribution >= 4 is 50.1 Å². The summed E-state index contributed by atoms with van der Waals surface area (Å²) in [6, 6.07) is 16.4. The minimum absolute atomic E-state index is 0.0143. The van der Waals surface area contributed by atoms with Gasteiger partial charge in [0.05, 0.1) is 11.4 Å². The lowest BCUT2D eigenvalue weighted by Crippen LogP contribution is -2.32. The predicted molar refractivity (Wildman–Crippen MR) is 143 cm³/mol. The van der Waals surface area contributed by atoms with Crippen LogP contribution >= 0.6 is 23.1 Å². The molecule has 7 nitrogen and oxygen atoms in total. The van der Waals surface area contributed by atoms with Crippen LogP contribution in [0.5, 0.6) is 0 Å². The molecule has 2 heterocycles. The molecule has 1 aliphatic heterocycles. The van der Waals surface area contributed by atoms with Gasteiger partial charge in [-0.25, -0.2) is 8.42 Å². The summed E-state index contributed by atoms with van der Waals surface area (Å²) in [4.78, 5) is 12.9. The Hall–Kier alpha value is -2.53. The maximum Gasteiger partial charge on any atom is 0.243 e. The van der Waals surface area contributed by atoms with E-state index >= 15 is 0 Å². The average Bonchev–Trinajstić information content (AvgIpc) is 3.15. The number of thioether (sulfide) groups is 1. The van der Waals surface area contributed by atoms with E-state index in [1.807, 2.05) is 30.3 Å². The third-order valence-corrected chi connectivity index (χ3v) is 9.44. The van der Waals surface area contributed by atoms with Gasteiger partial charge in [-0.15, -0.1) is 10.2 Å². The van der Waals surface area contributed by atoms with E-state index in [1.165, 1.54) is 21.7 Å². The van der Waals surface area contributed by atoms with Gasteiger partial charge in [0.1, 0.15) is 0 Å². The molecule has 1 saturated heterocycles. The van der Waals surface area contributed by atoms with Gasteiger partial charge in [-0.1, -0.05) is 90.6 Å². The van der Waals surface area contributed by atoms with Gasteiger partial charge >= 0.3 is 0 Å². The number of carbonyl (C=O) groups is 1. The van der Waals surface area contributed by atoms with Crippen LogP contribution in [0.4, 0.5) is 5.13 Å². The number of rotatable bonds is 10. The fraction of sp³-hybridized carbons (Fsp3) is 0.320. The normalized spacial score (nSPS) is 15.2. The number of Topliss-reactive ketones (excluding diaryl/α,β-unsaturated/α-hetero) is 1. The van der Waals surface area contributed by atoms with Gasteiger partial charge in [0.25, 0.3) is 0 Å². The van der Waals surface area contributed by atoms with Gasteiger partial charge in [0.15, 0.2) is 10.1 Å². The van der Waals surface area contributed by atoms with Gasteiger partial charge in [0, 0.05) is 24.4 Å². The fourth-order valence-electron chi connectivity index (χ4n) is 3.73. The molecule has 0 radical (unpaired) electrons. The highest BCUT2D eigenvalue weighted by molar-refractivity contribution is 8.01. The molecule has 0 atom stereocenters. The van der Waals surface area contributed by atoms with E-state index in [9.17, 15) is 13.2 Å². The van der Waals surface area contributed by atoms with Crippen LogP contribution in [-0.2, 0) is 10.0 Å². The molecule has 2 aromatic carbocycles. The number of benzene rings is 2. The van der Waals surface area contributed by atoms with Crippen molar-refractivity contribution in [2.24, 2.45) is 0 Å². The molecule has 10 heteroatoms. The Morgan fingerprint density at radius 2 is 1.80 bits per heavy atom. The van der Waals surface area contributed by atoms with Gasteiger partial charge in [-0.05, 0) is 30.5 Å². The van der Waals surface area contributed by atoms with Gasteiger partial charge < -0.3 is 5.32 Å². The molecule has 4 rings (SSSR count). The Balaban J connectivity index is 1.30. The minimum Gasteiger partial charge on any atom is -0.353 e. The van der Waals surface area contributed by atoms with Crippen molar-refractivity contribution in [3.8, 4) is 0 Å². The Bertz CT molecular complexity index is 1250. The smallest absolute Gasteiger partial charge is 0.243 e. The molecule has 0 saturated carbocycles. The van der Waals surface area contributed by atoms with Crippen LogP contribution in [0.15, 0.2) is 69.9 Å². The van der Waals surface area contributed by atoms with E-state index in [0.29, 0.717) is 23.8 Å². The van der Waals surface area contributed by atoms with Crippen LogP contribution in [0.3, 0.4) is 0 Å². The van der Waals surface area contributed by atoms with Crippen LogP contribution < -0.4 is 5.32 Å². The molecule has 184 valence electrons. The zero-order valence-electron chi connectivity index (χ0n) is 19.3. The minimum atomic E-state index is -3.60. The van der Waals surface area contributed by atoms with Gasteiger partial charge in [-0.2, -0.15) is 4.31 Å². The van der Waals surface area contributed by atoms with E-state index in [4.69, 9.17) is 0 Å². The summed E-state index contributed by atoms with van der Waals surface area (Å²) in [6.07, 6.45) is 7.97. The third-order valence-electron chi connectivity index (χ3n) is 5.58. The summed E-state index contributed by atoms with van der Waals surface area (Å²) >= 11 is 2.96. The predicted octanol–water partition coefficient (Wildman–Crippen LogP) is 5.20. The van der Waals surface area contributed by atoms with Crippen molar-refractivity contribution in [3.63, 3.8) is 0 Å². The summed E-state index contributed by atoms with van der Waals surface area (Å²) in [5.41, 5.74) is 1.51. The van der Waals surface area contributed by atoms with E-state index in [2.05, 4.69) is 27.7 Å². The van der Waals surface area contributed by atoms with Crippen LogP contribution in [0.1, 0.15) is 41.6 Å². The summed E-state index contributed by atoms with van der Waals surface area (Å²) in [5, 5.41) is 11.8. The zero-order chi connectivity index (χ0) is 24.5. The lowest BCUT2D eigenvalue weighted by Gasteiger charge is -2.20. The topological polar surface area (TPSA) is 92.3 Å². The molecule has 1 aromatic heterocycles. The number of ketones is 1. The standard InChI is InChI=1S/C25H28N4O3S3/c30-23(21-13-8-14-22(18-21)35(31,32)29-15-6-1-2-7-16-29)19-26-24-27-28-25(34-24)33-17-9-12-20-10-4-3-5-11-20/h3-5,8-14,18H,1-2,6-7,15-17,19H2,(H,26,27)/b12-9+. The molecule has 0 bridgehead atoms. The quantitative estimate of drug-likeness (QED) is 0.285. The van der Waals surface area contributed by atoms with E-state index in [0.717, 1.165) is 41.3 Å². The SMILES string of the molecule is O=C(CNc1nnc(SC/C=C/c2ccccc2)s1)c1cccc(S(=O)(=O)N2CCCCCC2)c1. The molecule has 0 spiro atoms. The first kappa shape index (κ1) is 25.6. The van der Waals surface area contributed by atoms with Crippen molar-refractivity contribution in [2.45, 2.75) is 34.9 Å². The van der Waals surface area contributed by atoms with Crippen molar-refractivity contribution in [3.05, 3.63) is 71.8 Å². The van der Waals surface area contributed by atoms with Gasteiger partial charge in [-0.3, -0.25) is 4.79 Å². The van der Waals surface area contributed by atoms with Crippen molar-refractivity contribution < 1.29 is 13.2 Å². The summed E-state index contributed by atoms with van der Waals surface area (Å²) < 4.78 is 28.5. The van der Waals surface area contributed by atoms with Crippen molar-refractivity contribution in [2.75, 3.05) is 30.7 Å². The second-order valence-electron chi connectivity index (χ2n) is 8.12. The maximum atomic E-state index is 13.1. The van der Waals surface area contributed by atoms with Crippen LogP contribution in [0.25, 0.3) is 6.08 Å². The highest BCUT2D eigenvalue weighted by Gasteiger charge is 2.25. The number of nitrogens with zero attached hydrogens (tertiary/aromatic N) is 3. The summed E-state index contributed by atoms with van der Waals surface area (Å²) in [5.74, 6) is 0.564. The van der Waals surface area contributed by atoms with E-state index in [-0.39, 0.29) is 17.2 Å². The highest BCUT2D eigenvalue weighted by atomic mass is 32.2. The van der Waals surface area contributed by atoms with E-state index in [1.54, 1.807) is 30.0 Å². The average molecular weight is 529 g/mol. The lowest BCUT2D eigenvalue weighted by atomic mass is 10.1. The molecule has 35 heavy (non-hydrogen) atoms.